The topological polar surface area (TPSA) is 46.5 Å². The largest absolute Gasteiger partial charge is 0.494 e. The van der Waals surface area contributed by atoms with E-state index in [0.717, 1.165) is 42.7 Å². The van der Waals surface area contributed by atoms with Crippen LogP contribution in [0.1, 0.15) is 78.8 Å². The van der Waals surface area contributed by atoms with Crippen LogP contribution in [0.2, 0.25) is 0 Å². The number of fused-ring (bicyclic) bond motifs is 5. The van der Waals surface area contributed by atoms with Gasteiger partial charge in [0.2, 0.25) is 0 Å². The Balaban J connectivity index is 1.48. The molecule has 0 spiro atoms. The second kappa shape index (κ2) is 9.14. The zero-order chi connectivity index (χ0) is 23.1. The third-order valence-electron chi connectivity index (χ3n) is 7.61. The summed E-state index contributed by atoms with van der Waals surface area (Å²) in [6.45, 7) is 3.27. The quantitative estimate of drug-likeness (QED) is 0.476. The van der Waals surface area contributed by atoms with E-state index < -0.39 is 0 Å². The molecule has 3 aliphatic rings. The number of ether oxygens (including phenoxy) is 1. The van der Waals surface area contributed by atoms with Crippen molar-refractivity contribution < 1.29 is 9.53 Å². The summed E-state index contributed by atoms with van der Waals surface area (Å²) in [5, 5.41) is 4.69. The molecule has 1 saturated carbocycles. The first-order valence-electron chi connectivity index (χ1n) is 12.8. The highest BCUT2D eigenvalue weighted by atomic mass is 32.1. The number of rotatable bonds is 4. The summed E-state index contributed by atoms with van der Waals surface area (Å²) in [5.74, 6) is 0.852. The molecule has 34 heavy (non-hydrogen) atoms. The Kier molecular flexibility index (Phi) is 5.85. The van der Waals surface area contributed by atoms with Crippen molar-refractivity contribution in [2.75, 3.05) is 6.61 Å². The van der Waals surface area contributed by atoms with Gasteiger partial charge in [-0.1, -0.05) is 25.0 Å². The third-order valence-corrected chi connectivity index (χ3v) is 8.94. The molecule has 0 bridgehead atoms. The molecule has 3 aromatic rings. The Morgan fingerprint density at radius 3 is 2.79 bits per heavy atom. The summed E-state index contributed by atoms with van der Waals surface area (Å²) < 4.78 is 8.19. The fraction of sp³-hybridized carbons (Fsp3) is 0.464. The van der Waals surface area contributed by atoms with Gasteiger partial charge in [0.25, 0.3) is 0 Å². The van der Waals surface area contributed by atoms with E-state index in [1.807, 2.05) is 30.4 Å². The minimum Gasteiger partial charge on any atom is -0.494 e. The highest BCUT2D eigenvalue weighted by Gasteiger charge is 2.37. The van der Waals surface area contributed by atoms with E-state index in [9.17, 15) is 4.79 Å². The van der Waals surface area contributed by atoms with Crippen LogP contribution in [-0.2, 0) is 19.4 Å². The van der Waals surface area contributed by atoms with Gasteiger partial charge >= 0.3 is 6.03 Å². The summed E-state index contributed by atoms with van der Waals surface area (Å²) in [6.07, 6.45) is 11.5. The first-order valence-corrected chi connectivity index (χ1v) is 13.7. The van der Waals surface area contributed by atoms with Crippen LogP contribution in [0.15, 0.2) is 42.6 Å². The lowest BCUT2D eigenvalue weighted by atomic mass is 9.95. The Bertz CT molecular complexity index is 1190. The SMILES string of the molecule is CCOc1cccc([C@@H]2c3cccn3-c3sc4c(c3CN2C(=O)NC2CCCC2)CCCC4)c1. The molecule has 6 rings (SSSR count). The summed E-state index contributed by atoms with van der Waals surface area (Å²) >= 11 is 1.93. The van der Waals surface area contributed by atoms with Crippen molar-refractivity contribution in [3.05, 3.63) is 69.9 Å². The van der Waals surface area contributed by atoms with Crippen LogP contribution < -0.4 is 10.1 Å². The van der Waals surface area contributed by atoms with Crippen LogP contribution >= 0.6 is 11.3 Å². The number of carbonyl (C=O) groups excluding carboxylic acids is 1. The maximum atomic E-state index is 13.9. The number of aromatic nitrogens is 1. The summed E-state index contributed by atoms with van der Waals surface area (Å²) in [5.41, 5.74) is 5.08. The number of thiophene rings is 1. The van der Waals surface area contributed by atoms with Gasteiger partial charge in [-0.15, -0.1) is 11.3 Å². The Morgan fingerprint density at radius 2 is 1.94 bits per heavy atom. The van der Waals surface area contributed by atoms with Gasteiger partial charge in [0.05, 0.1) is 24.9 Å². The monoisotopic (exact) mass is 475 g/mol. The van der Waals surface area contributed by atoms with Crippen molar-refractivity contribution in [2.24, 2.45) is 0 Å². The van der Waals surface area contributed by atoms with Gasteiger partial charge in [0.1, 0.15) is 10.8 Å². The number of hydrogen-bond acceptors (Lipinski definition) is 3. The molecule has 1 N–H and O–H groups in total. The number of amides is 2. The lowest BCUT2D eigenvalue weighted by Crippen LogP contribution is -2.45. The Morgan fingerprint density at radius 1 is 1.09 bits per heavy atom. The van der Waals surface area contributed by atoms with Gasteiger partial charge in [-0.3, -0.25) is 0 Å². The van der Waals surface area contributed by atoms with Crippen molar-refractivity contribution in [3.8, 4) is 10.8 Å². The standard InChI is InChI=1S/C28H33N3O2S/c1-2-33-21-12-7-9-19(17-21)26-24-14-8-16-30(24)27-23(22-13-5-6-15-25(22)34-27)18-31(26)28(32)29-20-10-3-4-11-20/h7-9,12,14,16-17,20,26H,2-6,10-11,13,15,18H2,1H3,(H,29,32)/t26-/m1/s1. The molecular weight excluding hydrogens is 442 g/mol. The maximum absolute atomic E-state index is 13.9. The summed E-state index contributed by atoms with van der Waals surface area (Å²) in [6, 6.07) is 12.8. The normalized spacial score (nSPS) is 19.8. The van der Waals surface area contributed by atoms with E-state index in [0.29, 0.717) is 13.2 Å². The summed E-state index contributed by atoms with van der Waals surface area (Å²) in [7, 11) is 0. The van der Waals surface area contributed by atoms with Crippen LogP contribution in [0.4, 0.5) is 4.79 Å². The third kappa shape index (κ3) is 3.82. The molecule has 6 heteroatoms. The molecule has 3 heterocycles. The van der Waals surface area contributed by atoms with Gasteiger partial charge in [-0.2, -0.15) is 0 Å². The molecule has 178 valence electrons. The second-order valence-corrected chi connectivity index (χ2v) is 10.8. The maximum Gasteiger partial charge on any atom is 0.318 e. The number of urea groups is 1. The number of benzene rings is 1. The molecular formula is C28H33N3O2S. The van der Waals surface area contributed by atoms with Gasteiger partial charge in [0, 0.05) is 22.7 Å². The van der Waals surface area contributed by atoms with Crippen LogP contribution in [0, 0.1) is 0 Å². The van der Waals surface area contributed by atoms with Gasteiger partial charge in [0.15, 0.2) is 0 Å². The Labute approximate surface area is 205 Å². The van der Waals surface area contributed by atoms with Gasteiger partial charge in [-0.25, -0.2) is 4.79 Å². The van der Waals surface area contributed by atoms with E-state index in [1.54, 1.807) is 0 Å². The number of carbonyl (C=O) groups is 1. The van der Waals surface area contributed by atoms with Crippen LogP contribution in [-0.4, -0.2) is 28.1 Å². The first-order chi connectivity index (χ1) is 16.7. The van der Waals surface area contributed by atoms with Gasteiger partial charge in [-0.05, 0) is 80.8 Å². The smallest absolute Gasteiger partial charge is 0.318 e. The lowest BCUT2D eigenvalue weighted by Gasteiger charge is -2.32. The molecule has 1 fully saturated rings. The molecule has 1 atom stereocenters. The number of nitrogens with zero attached hydrogens (tertiary/aromatic N) is 2. The molecule has 0 saturated heterocycles. The Hall–Kier alpha value is -2.73. The molecule has 0 unspecified atom stereocenters. The molecule has 2 aliphatic carbocycles. The number of nitrogens with one attached hydrogen (secondary N) is 1. The van der Waals surface area contributed by atoms with Crippen molar-refractivity contribution in [2.45, 2.75) is 76.9 Å². The zero-order valence-corrected chi connectivity index (χ0v) is 20.7. The highest BCUT2D eigenvalue weighted by molar-refractivity contribution is 7.15. The average Bonchev–Trinajstić information content (AvgIpc) is 3.59. The minimum absolute atomic E-state index is 0.0510. The highest BCUT2D eigenvalue weighted by Crippen LogP contribution is 2.44. The van der Waals surface area contributed by atoms with E-state index in [4.69, 9.17) is 4.74 Å². The van der Waals surface area contributed by atoms with Crippen LogP contribution in [0.3, 0.4) is 0 Å². The van der Waals surface area contributed by atoms with Crippen molar-refractivity contribution >= 4 is 17.4 Å². The van der Waals surface area contributed by atoms with Crippen molar-refractivity contribution in [3.63, 3.8) is 0 Å². The van der Waals surface area contributed by atoms with Crippen molar-refractivity contribution in [1.82, 2.24) is 14.8 Å². The predicted octanol–water partition coefficient (Wildman–Crippen LogP) is 6.37. The number of hydrogen-bond donors (Lipinski definition) is 1. The molecule has 1 aromatic carbocycles. The van der Waals surface area contributed by atoms with Crippen molar-refractivity contribution in [1.29, 1.82) is 0 Å². The summed E-state index contributed by atoms with van der Waals surface area (Å²) in [4.78, 5) is 17.5. The minimum atomic E-state index is -0.171. The van der Waals surface area contributed by atoms with Gasteiger partial charge < -0.3 is 19.5 Å². The molecule has 1 aliphatic heterocycles. The zero-order valence-electron chi connectivity index (χ0n) is 19.9. The number of aryl methyl sites for hydroxylation is 1. The average molecular weight is 476 g/mol. The van der Waals surface area contributed by atoms with Crippen LogP contribution in [0.5, 0.6) is 5.75 Å². The van der Waals surface area contributed by atoms with E-state index >= 15 is 0 Å². The fourth-order valence-corrected chi connectivity index (χ4v) is 7.41. The molecule has 2 amide bonds. The molecule has 5 nitrogen and oxygen atoms in total. The second-order valence-electron chi connectivity index (χ2n) is 9.76. The van der Waals surface area contributed by atoms with E-state index in [1.165, 1.54) is 46.7 Å². The predicted molar refractivity (Wildman–Crippen MR) is 136 cm³/mol. The van der Waals surface area contributed by atoms with E-state index in [2.05, 4.69) is 45.2 Å². The fourth-order valence-electron chi connectivity index (χ4n) is 6.01. The first kappa shape index (κ1) is 21.8. The van der Waals surface area contributed by atoms with E-state index in [-0.39, 0.29) is 18.1 Å². The van der Waals surface area contributed by atoms with Crippen LogP contribution in [0.25, 0.3) is 5.00 Å². The molecule has 0 radical (unpaired) electrons. The lowest BCUT2D eigenvalue weighted by molar-refractivity contribution is 0.176. The molecule has 2 aromatic heterocycles.